The number of rotatable bonds is 7. The number of methoxy groups -OCH3 is 1. The molecule has 0 bridgehead atoms. The highest BCUT2D eigenvalue weighted by Gasteiger charge is 2.30. The van der Waals surface area contributed by atoms with Crippen molar-refractivity contribution in [3.05, 3.63) is 66.1 Å². The molecule has 4 nitrogen and oxygen atoms in total. The fraction of sp³-hybridized carbons (Fsp3) is 0.278. The molecule has 22 heavy (non-hydrogen) atoms. The van der Waals surface area contributed by atoms with Crippen LogP contribution in [0, 0.1) is 0 Å². The zero-order chi connectivity index (χ0) is 15.8. The quantitative estimate of drug-likeness (QED) is 0.798. The molecule has 0 aliphatic rings. The van der Waals surface area contributed by atoms with Gasteiger partial charge in [-0.1, -0.05) is 37.3 Å². The van der Waals surface area contributed by atoms with Crippen LogP contribution in [-0.2, 0) is 15.1 Å². The van der Waals surface area contributed by atoms with E-state index in [-0.39, 0.29) is 5.91 Å². The Kier molecular flexibility index (Phi) is 5.55. The van der Waals surface area contributed by atoms with E-state index in [0.29, 0.717) is 6.54 Å². The van der Waals surface area contributed by atoms with Gasteiger partial charge in [0.2, 0.25) is 5.91 Å². The van der Waals surface area contributed by atoms with Gasteiger partial charge >= 0.3 is 0 Å². The van der Waals surface area contributed by atoms with E-state index < -0.39 is 5.60 Å². The SMILES string of the molecule is CC[C@](CNC(=O)/C=C/c1ccoc1)(OC)c1ccccc1. The van der Waals surface area contributed by atoms with Crippen LogP contribution in [0.1, 0.15) is 24.5 Å². The van der Waals surface area contributed by atoms with Gasteiger partial charge in [0.05, 0.1) is 19.1 Å². The monoisotopic (exact) mass is 299 g/mol. The first-order valence-corrected chi connectivity index (χ1v) is 7.29. The predicted molar refractivity (Wildman–Crippen MR) is 86.2 cm³/mol. The number of hydrogen-bond donors (Lipinski definition) is 1. The Morgan fingerprint density at radius 2 is 2.09 bits per heavy atom. The molecule has 1 atom stereocenters. The largest absolute Gasteiger partial charge is 0.472 e. The van der Waals surface area contributed by atoms with Crippen molar-refractivity contribution in [2.45, 2.75) is 18.9 Å². The van der Waals surface area contributed by atoms with E-state index in [2.05, 4.69) is 5.32 Å². The molecule has 0 saturated heterocycles. The van der Waals surface area contributed by atoms with Gasteiger partial charge in [-0.15, -0.1) is 0 Å². The van der Waals surface area contributed by atoms with Gasteiger partial charge in [0.15, 0.2) is 0 Å². The van der Waals surface area contributed by atoms with Crippen LogP contribution in [0.2, 0.25) is 0 Å². The van der Waals surface area contributed by atoms with E-state index in [4.69, 9.17) is 9.15 Å². The number of benzene rings is 1. The molecule has 1 amide bonds. The van der Waals surface area contributed by atoms with Crippen LogP contribution >= 0.6 is 0 Å². The summed E-state index contributed by atoms with van der Waals surface area (Å²) in [5.74, 6) is -0.160. The second-order valence-electron chi connectivity index (χ2n) is 5.03. The van der Waals surface area contributed by atoms with Crippen LogP contribution in [0.3, 0.4) is 0 Å². The van der Waals surface area contributed by atoms with Crippen LogP contribution in [0.4, 0.5) is 0 Å². The lowest BCUT2D eigenvalue weighted by atomic mass is 9.90. The minimum atomic E-state index is -0.513. The fourth-order valence-electron chi connectivity index (χ4n) is 2.34. The standard InChI is InChI=1S/C18H21NO3/c1-3-18(21-2,16-7-5-4-6-8-16)14-19-17(20)10-9-15-11-12-22-13-15/h4-13H,3,14H2,1-2H3,(H,19,20)/b10-9+/t18-/m1/s1. The lowest BCUT2D eigenvalue weighted by Crippen LogP contribution is -2.41. The van der Waals surface area contributed by atoms with Gasteiger partial charge < -0.3 is 14.5 Å². The first-order chi connectivity index (χ1) is 10.7. The Morgan fingerprint density at radius 3 is 2.68 bits per heavy atom. The Hall–Kier alpha value is -2.33. The molecule has 4 heteroatoms. The molecule has 0 fully saturated rings. The second-order valence-corrected chi connectivity index (χ2v) is 5.03. The molecule has 0 saturated carbocycles. The molecule has 0 aliphatic carbocycles. The number of nitrogens with one attached hydrogen (secondary N) is 1. The number of furan rings is 1. The maximum absolute atomic E-state index is 12.0. The highest BCUT2D eigenvalue weighted by Crippen LogP contribution is 2.27. The van der Waals surface area contributed by atoms with Gasteiger partial charge in [0, 0.05) is 18.7 Å². The normalized spacial score (nSPS) is 13.9. The van der Waals surface area contributed by atoms with Crippen molar-refractivity contribution in [2.24, 2.45) is 0 Å². The summed E-state index contributed by atoms with van der Waals surface area (Å²) in [5.41, 5.74) is 1.39. The van der Waals surface area contributed by atoms with E-state index in [1.54, 1.807) is 31.8 Å². The minimum absolute atomic E-state index is 0.160. The Morgan fingerprint density at radius 1 is 1.32 bits per heavy atom. The van der Waals surface area contributed by atoms with Crippen molar-refractivity contribution >= 4 is 12.0 Å². The lowest BCUT2D eigenvalue weighted by Gasteiger charge is -2.32. The van der Waals surface area contributed by atoms with Crippen molar-refractivity contribution in [3.63, 3.8) is 0 Å². The van der Waals surface area contributed by atoms with Gasteiger partial charge in [-0.3, -0.25) is 4.79 Å². The number of carbonyl (C=O) groups excluding carboxylic acids is 1. The Bertz CT molecular complexity index is 599. The summed E-state index contributed by atoms with van der Waals surface area (Å²) < 4.78 is 10.7. The summed E-state index contributed by atoms with van der Waals surface area (Å²) >= 11 is 0. The minimum Gasteiger partial charge on any atom is -0.472 e. The van der Waals surface area contributed by atoms with E-state index in [9.17, 15) is 4.79 Å². The third-order valence-corrected chi connectivity index (χ3v) is 3.78. The van der Waals surface area contributed by atoms with Crippen LogP contribution in [0.15, 0.2) is 59.4 Å². The summed E-state index contributed by atoms with van der Waals surface area (Å²) in [5, 5.41) is 2.90. The zero-order valence-electron chi connectivity index (χ0n) is 12.9. The summed E-state index contributed by atoms with van der Waals surface area (Å²) in [7, 11) is 1.67. The van der Waals surface area contributed by atoms with Crippen LogP contribution in [0.5, 0.6) is 0 Å². The summed E-state index contributed by atoms with van der Waals surface area (Å²) in [6, 6.07) is 11.7. The van der Waals surface area contributed by atoms with Gasteiger partial charge in [-0.05, 0) is 24.1 Å². The average molecular weight is 299 g/mol. The van der Waals surface area contributed by atoms with E-state index in [0.717, 1.165) is 17.5 Å². The zero-order valence-corrected chi connectivity index (χ0v) is 12.9. The number of hydrogen-bond acceptors (Lipinski definition) is 3. The first-order valence-electron chi connectivity index (χ1n) is 7.29. The highest BCUT2D eigenvalue weighted by molar-refractivity contribution is 5.91. The predicted octanol–water partition coefficient (Wildman–Crippen LogP) is 3.36. The van der Waals surface area contributed by atoms with Crippen LogP contribution in [-0.4, -0.2) is 19.6 Å². The second kappa shape index (κ2) is 7.61. The Labute approximate surface area is 130 Å². The van der Waals surface area contributed by atoms with Gasteiger partial charge in [-0.2, -0.15) is 0 Å². The number of amides is 1. The summed E-state index contributed by atoms with van der Waals surface area (Å²) in [6.45, 7) is 2.46. The van der Waals surface area contributed by atoms with Gasteiger partial charge in [-0.25, -0.2) is 0 Å². The van der Waals surface area contributed by atoms with E-state index in [1.165, 1.54) is 6.08 Å². The molecular formula is C18H21NO3. The molecule has 116 valence electrons. The van der Waals surface area contributed by atoms with Gasteiger partial charge in [0.1, 0.15) is 5.60 Å². The maximum Gasteiger partial charge on any atom is 0.244 e. The van der Waals surface area contributed by atoms with E-state index >= 15 is 0 Å². The lowest BCUT2D eigenvalue weighted by molar-refractivity contribution is -0.118. The van der Waals surface area contributed by atoms with Crippen LogP contribution < -0.4 is 5.32 Å². The average Bonchev–Trinajstić information content (AvgIpc) is 3.09. The Balaban J connectivity index is 2.01. The molecule has 0 spiro atoms. The van der Waals surface area contributed by atoms with Crippen molar-refractivity contribution in [1.82, 2.24) is 5.32 Å². The molecule has 0 aliphatic heterocycles. The number of ether oxygens (including phenoxy) is 1. The molecule has 1 heterocycles. The molecule has 1 aromatic carbocycles. The molecule has 1 aromatic heterocycles. The molecule has 0 radical (unpaired) electrons. The smallest absolute Gasteiger partial charge is 0.244 e. The molecular weight excluding hydrogens is 278 g/mol. The molecule has 2 aromatic rings. The third kappa shape index (κ3) is 3.86. The van der Waals surface area contributed by atoms with Crippen molar-refractivity contribution in [3.8, 4) is 0 Å². The topological polar surface area (TPSA) is 51.5 Å². The molecule has 1 N–H and O–H groups in total. The third-order valence-electron chi connectivity index (χ3n) is 3.78. The van der Waals surface area contributed by atoms with Crippen molar-refractivity contribution in [1.29, 1.82) is 0 Å². The van der Waals surface area contributed by atoms with Gasteiger partial charge in [0.25, 0.3) is 0 Å². The molecule has 2 rings (SSSR count). The first kappa shape index (κ1) is 16.0. The van der Waals surface area contributed by atoms with E-state index in [1.807, 2.05) is 37.3 Å². The van der Waals surface area contributed by atoms with Crippen LogP contribution in [0.25, 0.3) is 6.08 Å². The summed E-state index contributed by atoms with van der Waals surface area (Å²) in [4.78, 5) is 12.0. The molecule has 0 unspecified atom stereocenters. The van der Waals surface area contributed by atoms with Crippen molar-refractivity contribution < 1.29 is 13.9 Å². The summed E-state index contributed by atoms with van der Waals surface area (Å²) in [6.07, 6.45) is 7.12. The van der Waals surface area contributed by atoms with Crippen molar-refractivity contribution in [2.75, 3.05) is 13.7 Å². The fourth-order valence-corrected chi connectivity index (χ4v) is 2.34. The maximum atomic E-state index is 12.0. The highest BCUT2D eigenvalue weighted by atomic mass is 16.5. The number of carbonyl (C=O) groups is 1.